The standard InChI is InChI=1S/C12H15ClN6OS/c1-21-5-4-10(14)12(20)16-11-6-8(2-3-9(11)13)19-7-15-17-18-19/h2-3,6-7,10H,4-5,14H2,1H3,(H,16,20)/t10-/m0/s1. The Morgan fingerprint density at radius 1 is 1.57 bits per heavy atom. The fourth-order valence-electron chi connectivity index (χ4n) is 1.63. The lowest BCUT2D eigenvalue weighted by Gasteiger charge is -2.13. The van der Waals surface area contributed by atoms with E-state index in [1.165, 1.54) is 11.0 Å². The van der Waals surface area contributed by atoms with Gasteiger partial charge in [0.05, 0.1) is 22.4 Å². The Hall–Kier alpha value is -1.64. The highest BCUT2D eigenvalue weighted by Crippen LogP contribution is 2.24. The van der Waals surface area contributed by atoms with Gasteiger partial charge in [0.15, 0.2) is 0 Å². The molecule has 7 nitrogen and oxygen atoms in total. The molecule has 112 valence electrons. The zero-order chi connectivity index (χ0) is 15.2. The van der Waals surface area contributed by atoms with E-state index >= 15 is 0 Å². The molecule has 0 saturated heterocycles. The van der Waals surface area contributed by atoms with Crippen LogP contribution in [0.3, 0.4) is 0 Å². The van der Waals surface area contributed by atoms with E-state index in [1.54, 1.807) is 30.0 Å². The maximum absolute atomic E-state index is 12.0. The first-order valence-corrected chi connectivity index (χ1v) is 7.97. The molecule has 1 amide bonds. The molecule has 1 atom stereocenters. The Labute approximate surface area is 131 Å². The first-order valence-electron chi connectivity index (χ1n) is 6.20. The van der Waals surface area contributed by atoms with Crippen LogP contribution in [0.5, 0.6) is 0 Å². The van der Waals surface area contributed by atoms with Crippen LogP contribution in [0.15, 0.2) is 24.5 Å². The molecule has 0 unspecified atom stereocenters. The molecular formula is C12H15ClN6OS. The van der Waals surface area contributed by atoms with Crippen molar-refractivity contribution in [3.8, 4) is 5.69 Å². The molecule has 2 aromatic rings. The van der Waals surface area contributed by atoms with E-state index < -0.39 is 6.04 Å². The van der Waals surface area contributed by atoms with Crippen molar-refractivity contribution in [2.45, 2.75) is 12.5 Å². The van der Waals surface area contributed by atoms with Crippen LogP contribution in [0.25, 0.3) is 5.69 Å². The number of nitrogens with zero attached hydrogens (tertiary/aromatic N) is 4. The third-order valence-electron chi connectivity index (χ3n) is 2.79. The second-order valence-corrected chi connectivity index (χ2v) is 5.69. The van der Waals surface area contributed by atoms with Gasteiger partial charge in [-0.1, -0.05) is 11.6 Å². The zero-order valence-electron chi connectivity index (χ0n) is 11.4. The van der Waals surface area contributed by atoms with E-state index in [0.29, 0.717) is 22.8 Å². The molecule has 0 spiro atoms. The minimum Gasteiger partial charge on any atom is -0.323 e. The van der Waals surface area contributed by atoms with Crippen LogP contribution in [0.4, 0.5) is 5.69 Å². The van der Waals surface area contributed by atoms with Gasteiger partial charge >= 0.3 is 0 Å². The lowest BCUT2D eigenvalue weighted by atomic mass is 10.2. The summed E-state index contributed by atoms with van der Waals surface area (Å²) in [6, 6.07) is 4.55. The van der Waals surface area contributed by atoms with Gasteiger partial charge in [-0.05, 0) is 47.1 Å². The van der Waals surface area contributed by atoms with E-state index in [-0.39, 0.29) is 5.91 Å². The number of thioether (sulfide) groups is 1. The van der Waals surface area contributed by atoms with Crippen LogP contribution in [0.1, 0.15) is 6.42 Å². The van der Waals surface area contributed by atoms with E-state index in [4.69, 9.17) is 17.3 Å². The summed E-state index contributed by atoms with van der Waals surface area (Å²) in [7, 11) is 0. The van der Waals surface area contributed by atoms with Gasteiger partial charge in [-0.15, -0.1) is 5.10 Å². The first-order chi connectivity index (χ1) is 10.1. The second kappa shape index (κ2) is 7.39. The molecule has 0 fully saturated rings. The Balaban J connectivity index is 2.12. The van der Waals surface area contributed by atoms with Gasteiger partial charge in [0, 0.05) is 0 Å². The van der Waals surface area contributed by atoms with Crippen LogP contribution < -0.4 is 11.1 Å². The van der Waals surface area contributed by atoms with Crippen molar-refractivity contribution < 1.29 is 4.79 Å². The number of anilines is 1. The van der Waals surface area contributed by atoms with Crippen molar-refractivity contribution in [2.75, 3.05) is 17.3 Å². The third kappa shape index (κ3) is 4.16. The highest BCUT2D eigenvalue weighted by molar-refractivity contribution is 7.98. The van der Waals surface area contributed by atoms with Gasteiger partial charge in [-0.25, -0.2) is 4.68 Å². The summed E-state index contributed by atoms with van der Waals surface area (Å²) in [4.78, 5) is 12.0. The average Bonchev–Trinajstić information content (AvgIpc) is 3.01. The van der Waals surface area contributed by atoms with E-state index in [9.17, 15) is 4.79 Å². The lowest BCUT2D eigenvalue weighted by molar-refractivity contribution is -0.117. The van der Waals surface area contributed by atoms with Gasteiger partial charge < -0.3 is 11.1 Å². The molecule has 0 saturated carbocycles. The van der Waals surface area contributed by atoms with E-state index in [1.807, 2.05) is 6.26 Å². The van der Waals surface area contributed by atoms with E-state index in [0.717, 1.165) is 5.75 Å². The Morgan fingerprint density at radius 3 is 3.05 bits per heavy atom. The SMILES string of the molecule is CSCC[C@H](N)C(=O)Nc1cc(-n2cnnn2)ccc1Cl. The molecule has 0 aliphatic heterocycles. The zero-order valence-corrected chi connectivity index (χ0v) is 12.9. The predicted molar refractivity (Wildman–Crippen MR) is 83.8 cm³/mol. The number of nitrogens with one attached hydrogen (secondary N) is 1. The molecule has 0 aliphatic rings. The van der Waals surface area contributed by atoms with Crippen LogP contribution in [-0.2, 0) is 4.79 Å². The molecule has 0 aliphatic carbocycles. The number of tetrazole rings is 1. The fraction of sp³-hybridized carbons (Fsp3) is 0.333. The summed E-state index contributed by atoms with van der Waals surface area (Å²) in [5, 5.41) is 14.1. The highest BCUT2D eigenvalue weighted by Gasteiger charge is 2.15. The number of halogens is 1. The third-order valence-corrected chi connectivity index (χ3v) is 3.76. The van der Waals surface area contributed by atoms with Crippen LogP contribution in [0, 0.1) is 0 Å². The summed E-state index contributed by atoms with van der Waals surface area (Å²) in [5.74, 6) is 0.562. The van der Waals surface area contributed by atoms with Crippen LogP contribution >= 0.6 is 23.4 Å². The predicted octanol–water partition coefficient (Wildman–Crippen LogP) is 1.33. The number of benzene rings is 1. The molecule has 1 aromatic carbocycles. The molecule has 21 heavy (non-hydrogen) atoms. The normalized spacial score (nSPS) is 12.1. The fourth-order valence-corrected chi connectivity index (χ4v) is 2.29. The molecule has 1 heterocycles. The Bertz CT molecular complexity index is 606. The molecule has 1 aromatic heterocycles. The Morgan fingerprint density at radius 2 is 2.38 bits per heavy atom. The topological polar surface area (TPSA) is 98.7 Å². The number of nitrogens with two attached hydrogens (primary N) is 1. The van der Waals surface area contributed by atoms with Crippen molar-refractivity contribution in [3.05, 3.63) is 29.5 Å². The smallest absolute Gasteiger partial charge is 0.241 e. The molecule has 9 heteroatoms. The van der Waals surface area contributed by atoms with Crippen molar-refractivity contribution in [2.24, 2.45) is 5.73 Å². The number of rotatable bonds is 6. The summed E-state index contributed by atoms with van der Waals surface area (Å²) in [6.45, 7) is 0. The second-order valence-electron chi connectivity index (χ2n) is 4.30. The summed E-state index contributed by atoms with van der Waals surface area (Å²) < 4.78 is 1.47. The maximum atomic E-state index is 12.0. The van der Waals surface area contributed by atoms with Crippen molar-refractivity contribution in [3.63, 3.8) is 0 Å². The molecule has 3 N–H and O–H groups in total. The van der Waals surface area contributed by atoms with Gasteiger partial charge in [0.25, 0.3) is 0 Å². The largest absolute Gasteiger partial charge is 0.323 e. The minimum atomic E-state index is -0.565. The van der Waals surface area contributed by atoms with Crippen molar-refractivity contribution in [1.29, 1.82) is 0 Å². The molecule has 2 rings (SSSR count). The number of amides is 1. The average molecular weight is 327 g/mol. The highest BCUT2D eigenvalue weighted by atomic mass is 35.5. The number of carbonyl (C=O) groups is 1. The lowest BCUT2D eigenvalue weighted by Crippen LogP contribution is -2.36. The van der Waals surface area contributed by atoms with Crippen LogP contribution in [0.2, 0.25) is 5.02 Å². The minimum absolute atomic E-state index is 0.264. The van der Waals surface area contributed by atoms with Crippen molar-refractivity contribution >= 4 is 35.0 Å². The number of carbonyl (C=O) groups excluding carboxylic acids is 1. The van der Waals surface area contributed by atoms with E-state index in [2.05, 4.69) is 20.8 Å². The summed E-state index contributed by atoms with van der Waals surface area (Å²) in [5.41, 5.74) is 7.00. The quantitative estimate of drug-likeness (QED) is 0.831. The Kier molecular flexibility index (Phi) is 5.54. The maximum Gasteiger partial charge on any atom is 0.241 e. The van der Waals surface area contributed by atoms with Crippen LogP contribution in [-0.4, -0.2) is 44.2 Å². The number of hydrogen-bond acceptors (Lipinski definition) is 6. The number of aromatic nitrogens is 4. The first kappa shape index (κ1) is 15.7. The van der Waals surface area contributed by atoms with Gasteiger partial charge in [0.1, 0.15) is 6.33 Å². The molecule has 0 radical (unpaired) electrons. The number of hydrogen-bond donors (Lipinski definition) is 2. The summed E-state index contributed by atoms with van der Waals surface area (Å²) in [6.07, 6.45) is 4.04. The monoisotopic (exact) mass is 326 g/mol. The van der Waals surface area contributed by atoms with Gasteiger partial charge in [-0.3, -0.25) is 4.79 Å². The molecule has 0 bridgehead atoms. The van der Waals surface area contributed by atoms with Gasteiger partial charge in [-0.2, -0.15) is 11.8 Å². The summed E-state index contributed by atoms with van der Waals surface area (Å²) >= 11 is 7.74. The van der Waals surface area contributed by atoms with Gasteiger partial charge in [0.2, 0.25) is 5.91 Å². The van der Waals surface area contributed by atoms with Crippen molar-refractivity contribution in [1.82, 2.24) is 20.2 Å². The molecular weight excluding hydrogens is 312 g/mol.